The summed E-state index contributed by atoms with van der Waals surface area (Å²) in [6, 6.07) is 1.51. The molecule has 1 heterocycles. The number of fused-ring (bicyclic) bond motifs is 1. The first-order chi connectivity index (χ1) is 5.68. The zero-order valence-corrected chi connectivity index (χ0v) is 6.37. The molecule has 1 aliphatic rings. The Morgan fingerprint density at radius 1 is 1.67 bits per heavy atom. The van der Waals surface area contributed by atoms with Crippen molar-refractivity contribution in [1.29, 1.82) is 0 Å². The summed E-state index contributed by atoms with van der Waals surface area (Å²) in [4.78, 5) is 13.3. The highest BCUT2D eigenvalue weighted by atomic mass is 16.4. The van der Waals surface area contributed by atoms with E-state index in [9.17, 15) is 9.90 Å². The average molecular weight is 167 g/mol. The van der Waals surface area contributed by atoms with E-state index in [1.807, 2.05) is 0 Å². The van der Waals surface area contributed by atoms with Gasteiger partial charge in [-0.2, -0.15) is 0 Å². The minimum atomic E-state index is -0.975. The van der Waals surface area contributed by atoms with Gasteiger partial charge in [-0.15, -0.1) is 0 Å². The lowest BCUT2D eigenvalue weighted by molar-refractivity contribution is 0.0691. The summed E-state index contributed by atoms with van der Waals surface area (Å²) < 4.78 is 0. The van der Waals surface area contributed by atoms with Gasteiger partial charge < -0.3 is 15.2 Å². The SMILES string of the molecule is O=C(O)c1cc2c([nH]1)CCC2O. The first kappa shape index (κ1) is 7.36. The van der Waals surface area contributed by atoms with Gasteiger partial charge in [-0.1, -0.05) is 0 Å². The van der Waals surface area contributed by atoms with Crippen LogP contribution in [0, 0.1) is 0 Å². The molecular weight excluding hydrogens is 158 g/mol. The topological polar surface area (TPSA) is 73.3 Å². The number of hydrogen-bond acceptors (Lipinski definition) is 2. The molecule has 0 saturated heterocycles. The lowest BCUT2D eigenvalue weighted by Crippen LogP contribution is -1.97. The molecule has 64 valence electrons. The van der Waals surface area contributed by atoms with Gasteiger partial charge in [-0.3, -0.25) is 0 Å². The molecule has 2 rings (SSSR count). The molecule has 1 aromatic rings. The molecule has 4 heteroatoms. The quantitative estimate of drug-likeness (QED) is 0.576. The van der Waals surface area contributed by atoms with Crippen molar-refractivity contribution in [3.05, 3.63) is 23.0 Å². The number of aromatic amines is 1. The van der Waals surface area contributed by atoms with Crippen LogP contribution in [0.15, 0.2) is 6.07 Å². The highest BCUT2D eigenvalue weighted by Crippen LogP contribution is 2.30. The van der Waals surface area contributed by atoms with Crippen molar-refractivity contribution < 1.29 is 15.0 Å². The van der Waals surface area contributed by atoms with Crippen LogP contribution in [-0.4, -0.2) is 21.2 Å². The number of nitrogens with one attached hydrogen (secondary N) is 1. The number of H-pyrrole nitrogens is 1. The first-order valence-corrected chi connectivity index (χ1v) is 3.81. The molecule has 0 bridgehead atoms. The van der Waals surface area contributed by atoms with E-state index in [4.69, 9.17) is 5.11 Å². The van der Waals surface area contributed by atoms with Gasteiger partial charge in [0, 0.05) is 11.3 Å². The monoisotopic (exact) mass is 167 g/mol. The molecule has 1 unspecified atom stereocenters. The Hall–Kier alpha value is -1.29. The minimum Gasteiger partial charge on any atom is -0.477 e. The van der Waals surface area contributed by atoms with Crippen molar-refractivity contribution in [2.24, 2.45) is 0 Å². The molecule has 3 N–H and O–H groups in total. The maximum Gasteiger partial charge on any atom is 0.352 e. The van der Waals surface area contributed by atoms with Gasteiger partial charge >= 0.3 is 5.97 Å². The molecule has 12 heavy (non-hydrogen) atoms. The van der Waals surface area contributed by atoms with Gasteiger partial charge in [0.15, 0.2) is 0 Å². The average Bonchev–Trinajstić information content (AvgIpc) is 2.53. The van der Waals surface area contributed by atoms with Crippen LogP contribution in [0.3, 0.4) is 0 Å². The van der Waals surface area contributed by atoms with E-state index in [0.29, 0.717) is 6.42 Å². The Kier molecular flexibility index (Phi) is 1.44. The van der Waals surface area contributed by atoms with E-state index in [-0.39, 0.29) is 5.69 Å². The Balaban J connectivity index is 2.43. The van der Waals surface area contributed by atoms with Crippen LogP contribution < -0.4 is 0 Å². The second-order valence-corrected chi connectivity index (χ2v) is 2.98. The molecule has 1 atom stereocenters. The second-order valence-electron chi connectivity index (χ2n) is 2.98. The maximum atomic E-state index is 10.5. The summed E-state index contributed by atoms with van der Waals surface area (Å²) in [6.07, 6.45) is 0.953. The number of hydrogen-bond donors (Lipinski definition) is 3. The van der Waals surface area contributed by atoms with Gasteiger partial charge in [0.05, 0.1) is 6.10 Å². The van der Waals surface area contributed by atoms with Crippen molar-refractivity contribution >= 4 is 5.97 Å². The summed E-state index contributed by atoms with van der Waals surface area (Å²) in [6.45, 7) is 0. The fourth-order valence-corrected chi connectivity index (χ4v) is 1.57. The van der Waals surface area contributed by atoms with Crippen LogP contribution >= 0.6 is 0 Å². The highest BCUT2D eigenvalue weighted by molar-refractivity contribution is 5.86. The van der Waals surface area contributed by atoms with Crippen molar-refractivity contribution in [2.45, 2.75) is 18.9 Å². The van der Waals surface area contributed by atoms with Crippen molar-refractivity contribution in [3.63, 3.8) is 0 Å². The van der Waals surface area contributed by atoms with Crippen LogP contribution in [0.2, 0.25) is 0 Å². The maximum absolute atomic E-state index is 10.5. The predicted molar refractivity (Wildman–Crippen MR) is 41.0 cm³/mol. The third kappa shape index (κ3) is 0.921. The zero-order valence-electron chi connectivity index (χ0n) is 6.37. The van der Waals surface area contributed by atoms with Crippen LogP contribution in [-0.2, 0) is 6.42 Å². The summed E-state index contributed by atoms with van der Waals surface area (Å²) in [5, 5.41) is 18.0. The molecular formula is C8H9NO3. The molecule has 0 aliphatic heterocycles. The van der Waals surface area contributed by atoms with E-state index in [0.717, 1.165) is 17.7 Å². The number of aliphatic hydroxyl groups is 1. The number of carbonyl (C=O) groups is 1. The largest absolute Gasteiger partial charge is 0.477 e. The molecule has 0 spiro atoms. The molecule has 0 fully saturated rings. The number of rotatable bonds is 1. The van der Waals surface area contributed by atoms with E-state index < -0.39 is 12.1 Å². The first-order valence-electron chi connectivity index (χ1n) is 3.81. The summed E-state index contributed by atoms with van der Waals surface area (Å²) >= 11 is 0. The molecule has 1 aromatic heterocycles. The lowest BCUT2D eigenvalue weighted by Gasteiger charge is -1.96. The molecule has 0 aromatic carbocycles. The van der Waals surface area contributed by atoms with Gasteiger partial charge in [-0.25, -0.2) is 4.79 Å². The minimum absolute atomic E-state index is 0.166. The fraction of sp³-hybridized carbons (Fsp3) is 0.375. The smallest absolute Gasteiger partial charge is 0.352 e. The van der Waals surface area contributed by atoms with E-state index >= 15 is 0 Å². The molecule has 0 saturated carbocycles. The Morgan fingerprint density at radius 3 is 3.00 bits per heavy atom. The Bertz CT molecular complexity index is 329. The summed E-state index contributed by atoms with van der Waals surface area (Å²) in [5.41, 5.74) is 1.77. The van der Waals surface area contributed by atoms with Gasteiger partial charge in [0.1, 0.15) is 5.69 Å². The second kappa shape index (κ2) is 2.35. The van der Waals surface area contributed by atoms with Crippen LogP contribution in [0.1, 0.15) is 34.3 Å². The number of aliphatic hydroxyl groups excluding tert-OH is 1. The highest BCUT2D eigenvalue weighted by Gasteiger charge is 2.24. The van der Waals surface area contributed by atoms with Crippen molar-refractivity contribution in [1.82, 2.24) is 4.98 Å². The fourth-order valence-electron chi connectivity index (χ4n) is 1.57. The molecule has 0 amide bonds. The van der Waals surface area contributed by atoms with Gasteiger partial charge in [-0.05, 0) is 18.9 Å². The predicted octanol–water partition coefficient (Wildman–Crippen LogP) is 0.692. The van der Waals surface area contributed by atoms with Gasteiger partial charge in [0.25, 0.3) is 0 Å². The van der Waals surface area contributed by atoms with Crippen LogP contribution in [0.4, 0.5) is 0 Å². The van der Waals surface area contributed by atoms with E-state index in [1.165, 1.54) is 6.07 Å². The van der Waals surface area contributed by atoms with Crippen LogP contribution in [0.5, 0.6) is 0 Å². The molecule has 1 aliphatic carbocycles. The van der Waals surface area contributed by atoms with Crippen molar-refractivity contribution in [3.8, 4) is 0 Å². The lowest BCUT2D eigenvalue weighted by atomic mass is 10.2. The molecule has 4 nitrogen and oxygen atoms in total. The molecule has 0 radical (unpaired) electrons. The van der Waals surface area contributed by atoms with Crippen LogP contribution in [0.25, 0.3) is 0 Å². The number of aromatic nitrogens is 1. The number of carboxylic acids is 1. The third-order valence-corrected chi connectivity index (χ3v) is 2.19. The Labute approximate surface area is 68.8 Å². The summed E-state index contributed by atoms with van der Waals surface area (Å²) in [7, 11) is 0. The number of carboxylic acid groups (broad SMARTS) is 1. The normalized spacial score (nSPS) is 20.9. The number of aromatic carboxylic acids is 1. The number of aryl methyl sites for hydroxylation is 1. The van der Waals surface area contributed by atoms with Crippen molar-refractivity contribution in [2.75, 3.05) is 0 Å². The zero-order chi connectivity index (χ0) is 8.72. The standard InChI is InChI=1S/C8H9NO3/c10-7-2-1-5-4(7)3-6(9-5)8(11)12/h3,7,9-10H,1-2H2,(H,11,12). The summed E-state index contributed by atoms with van der Waals surface area (Å²) in [5.74, 6) is -0.975. The Morgan fingerprint density at radius 2 is 2.42 bits per heavy atom. The van der Waals surface area contributed by atoms with Gasteiger partial charge in [0.2, 0.25) is 0 Å². The third-order valence-electron chi connectivity index (χ3n) is 2.19. The van der Waals surface area contributed by atoms with E-state index in [2.05, 4.69) is 4.98 Å². The van der Waals surface area contributed by atoms with E-state index in [1.54, 1.807) is 0 Å².